The van der Waals surface area contributed by atoms with Crippen molar-refractivity contribution in [2.45, 2.75) is 26.3 Å². The van der Waals surface area contributed by atoms with Crippen molar-refractivity contribution >= 4 is 11.4 Å². The number of fused-ring (bicyclic) bond motifs is 1. The van der Waals surface area contributed by atoms with Gasteiger partial charge in [0.2, 0.25) is 0 Å². The molecule has 0 spiro atoms. The fourth-order valence-electron chi connectivity index (χ4n) is 2.75. The fraction of sp³-hybridized carbons (Fsp3) is 0.312. The molecule has 0 aliphatic carbocycles. The Labute approximate surface area is 114 Å². The van der Waals surface area contributed by atoms with E-state index in [0.717, 1.165) is 24.5 Å². The van der Waals surface area contributed by atoms with E-state index in [2.05, 4.69) is 35.0 Å². The Bertz CT molecular complexity index is 592. The topological polar surface area (TPSA) is 42.1 Å². The summed E-state index contributed by atoms with van der Waals surface area (Å²) in [5.74, 6) is 0. The van der Waals surface area contributed by atoms with Crippen LogP contribution in [0.5, 0.6) is 0 Å². The summed E-state index contributed by atoms with van der Waals surface area (Å²) >= 11 is 0. The summed E-state index contributed by atoms with van der Waals surface area (Å²) < 4.78 is 0. The molecule has 3 rings (SSSR count). The van der Waals surface area contributed by atoms with Gasteiger partial charge in [-0.15, -0.1) is 0 Å². The first kappa shape index (κ1) is 12.0. The minimum Gasteiger partial charge on any atom is -0.399 e. The molecule has 19 heavy (non-hydrogen) atoms. The monoisotopic (exact) mass is 253 g/mol. The van der Waals surface area contributed by atoms with Gasteiger partial charge in [0.05, 0.1) is 12.2 Å². The van der Waals surface area contributed by atoms with Crippen molar-refractivity contribution in [2.24, 2.45) is 0 Å². The third-order valence-corrected chi connectivity index (χ3v) is 3.64. The maximum absolute atomic E-state index is 5.82. The van der Waals surface area contributed by atoms with Gasteiger partial charge < -0.3 is 10.6 Å². The summed E-state index contributed by atoms with van der Waals surface area (Å²) in [6, 6.07) is 10.5. The molecule has 2 N–H and O–H groups in total. The summed E-state index contributed by atoms with van der Waals surface area (Å²) in [5, 5.41) is 0. The lowest BCUT2D eigenvalue weighted by atomic mass is 9.99. The van der Waals surface area contributed by atoms with Gasteiger partial charge >= 0.3 is 0 Å². The Morgan fingerprint density at radius 2 is 2.16 bits per heavy atom. The predicted molar refractivity (Wildman–Crippen MR) is 79.2 cm³/mol. The normalized spacial score (nSPS) is 14.3. The van der Waals surface area contributed by atoms with Gasteiger partial charge in [-0.05, 0) is 43.5 Å². The van der Waals surface area contributed by atoms with Gasteiger partial charge in [-0.1, -0.05) is 17.7 Å². The Kier molecular flexibility index (Phi) is 3.11. The van der Waals surface area contributed by atoms with E-state index in [0.29, 0.717) is 0 Å². The Morgan fingerprint density at radius 3 is 3.00 bits per heavy atom. The van der Waals surface area contributed by atoms with Crippen LogP contribution in [0.4, 0.5) is 11.4 Å². The second-order valence-electron chi connectivity index (χ2n) is 5.24. The van der Waals surface area contributed by atoms with E-state index >= 15 is 0 Å². The highest BCUT2D eigenvalue weighted by Crippen LogP contribution is 2.29. The van der Waals surface area contributed by atoms with Crippen molar-refractivity contribution in [2.75, 3.05) is 17.2 Å². The average molecular weight is 253 g/mol. The summed E-state index contributed by atoms with van der Waals surface area (Å²) in [5.41, 5.74) is 11.8. The number of hydrogen-bond donors (Lipinski definition) is 1. The summed E-state index contributed by atoms with van der Waals surface area (Å²) in [4.78, 5) is 6.81. The third kappa shape index (κ3) is 2.55. The number of anilines is 2. The number of aryl methyl sites for hydroxylation is 2. The lowest BCUT2D eigenvalue weighted by Gasteiger charge is -2.31. The van der Waals surface area contributed by atoms with E-state index < -0.39 is 0 Å². The van der Waals surface area contributed by atoms with Gasteiger partial charge in [-0.2, -0.15) is 0 Å². The molecule has 2 aromatic rings. The summed E-state index contributed by atoms with van der Waals surface area (Å²) in [6.45, 7) is 4.08. The maximum Gasteiger partial charge on any atom is 0.0617 e. The van der Waals surface area contributed by atoms with Gasteiger partial charge in [0.15, 0.2) is 0 Å². The molecule has 0 bridgehead atoms. The first-order valence-electron chi connectivity index (χ1n) is 6.77. The Hall–Kier alpha value is -2.03. The van der Waals surface area contributed by atoms with E-state index in [9.17, 15) is 0 Å². The second-order valence-corrected chi connectivity index (χ2v) is 5.24. The summed E-state index contributed by atoms with van der Waals surface area (Å²) in [7, 11) is 0. The van der Waals surface area contributed by atoms with Crippen LogP contribution in [-0.4, -0.2) is 11.5 Å². The number of pyridine rings is 1. The first-order chi connectivity index (χ1) is 9.22. The summed E-state index contributed by atoms with van der Waals surface area (Å²) in [6.07, 6.45) is 4.17. The highest BCUT2D eigenvalue weighted by Gasteiger charge is 2.17. The van der Waals surface area contributed by atoms with Crippen LogP contribution in [0.25, 0.3) is 0 Å². The number of aromatic nitrogens is 1. The first-order valence-corrected chi connectivity index (χ1v) is 6.77. The lowest BCUT2D eigenvalue weighted by molar-refractivity contribution is 0.683. The molecule has 0 unspecified atom stereocenters. The van der Waals surface area contributed by atoms with Crippen LogP contribution in [0.1, 0.15) is 23.2 Å². The molecule has 1 aromatic carbocycles. The molecule has 0 radical (unpaired) electrons. The van der Waals surface area contributed by atoms with Crippen LogP contribution < -0.4 is 10.6 Å². The van der Waals surface area contributed by atoms with Crippen molar-refractivity contribution in [3.63, 3.8) is 0 Å². The number of hydrogen-bond acceptors (Lipinski definition) is 3. The number of nitrogen functional groups attached to an aromatic ring is 1. The molecule has 1 aliphatic heterocycles. The van der Waals surface area contributed by atoms with Gasteiger partial charge in [-0.25, -0.2) is 0 Å². The van der Waals surface area contributed by atoms with Crippen molar-refractivity contribution in [3.8, 4) is 0 Å². The van der Waals surface area contributed by atoms with E-state index in [1.54, 1.807) is 6.20 Å². The fourth-order valence-corrected chi connectivity index (χ4v) is 2.75. The molecule has 0 saturated carbocycles. The minimum atomic E-state index is 0.783. The highest BCUT2D eigenvalue weighted by atomic mass is 15.1. The van der Waals surface area contributed by atoms with E-state index in [1.807, 2.05) is 12.1 Å². The molecule has 3 nitrogen and oxygen atoms in total. The molecule has 1 aliphatic rings. The SMILES string of the molecule is Cc1ccc2c(c1)CCCN2Cc1cc(N)ccn1. The molecule has 0 saturated heterocycles. The number of nitrogens with zero attached hydrogens (tertiary/aromatic N) is 2. The molecular formula is C16H19N3. The quantitative estimate of drug-likeness (QED) is 0.894. The second kappa shape index (κ2) is 4.92. The molecule has 98 valence electrons. The van der Waals surface area contributed by atoms with Crippen LogP contribution in [0.3, 0.4) is 0 Å². The zero-order valence-corrected chi connectivity index (χ0v) is 11.3. The zero-order chi connectivity index (χ0) is 13.2. The minimum absolute atomic E-state index is 0.783. The third-order valence-electron chi connectivity index (χ3n) is 3.64. The Morgan fingerprint density at radius 1 is 1.26 bits per heavy atom. The molecule has 0 amide bonds. The van der Waals surface area contributed by atoms with Crippen LogP contribution >= 0.6 is 0 Å². The van der Waals surface area contributed by atoms with Gasteiger partial charge in [-0.3, -0.25) is 4.98 Å². The molecule has 1 aromatic heterocycles. The number of rotatable bonds is 2. The van der Waals surface area contributed by atoms with Crippen LogP contribution in [-0.2, 0) is 13.0 Å². The van der Waals surface area contributed by atoms with Gasteiger partial charge in [0.25, 0.3) is 0 Å². The van der Waals surface area contributed by atoms with Crippen LogP contribution in [0, 0.1) is 6.92 Å². The molecular weight excluding hydrogens is 234 g/mol. The predicted octanol–water partition coefficient (Wildman–Crippen LogP) is 2.93. The highest BCUT2D eigenvalue weighted by molar-refractivity contribution is 5.57. The standard InChI is InChI=1S/C16H19N3/c1-12-4-5-16-13(9-12)3-2-8-19(16)11-15-10-14(17)6-7-18-15/h4-7,9-10H,2-3,8,11H2,1H3,(H2,17,18). The van der Waals surface area contributed by atoms with E-state index in [-0.39, 0.29) is 0 Å². The van der Waals surface area contributed by atoms with Crippen LogP contribution in [0.15, 0.2) is 36.5 Å². The molecule has 2 heterocycles. The van der Waals surface area contributed by atoms with E-state index in [1.165, 1.54) is 29.7 Å². The molecule has 3 heteroatoms. The molecule has 0 atom stereocenters. The zero-order valence-electron chi connectivity index (χ0n) is 11.3. The smallest absolute Gasteiger partial charge is 0.0617 e. The van der Waals surface area contributed by atoms with Crippen LogP contribution in [0.2, 0.25) is 0 Å². The van der Waals surface area contributed by atoms with Gasteiger partial charge in [0, 0.05) is 24.1 Å². The molecule has 0 fully saturated rings. The van der Waals surface area contributed by atoms with Crippen molar-refractivity contribution in [3.05, 3.63) is 53.3 Å². The van der Waals surface area contributed by atoms with Crippen molar-refractivity contribution in [1.29, 1.82) is 0 Å². The number of benzene rings is 1. The Balaban J connectivity index is 1.87. The van der Waals surface area contributed by atoms with Gasteiger partial charge in [0.1, 0.15) is 0 Å². The van der Waals surface area contributed by atoms with Crippen molar-refractivity contribution < 1.29 is 0 Å². The average Bonchev–Trinajstić information content (AvgIpc) is 2.38. The largest absolute Gasteiger partial charge is 0.399 e. The van der Waals surface area contributed by atoms with E-state index in [4.69, 9.17) is 5.73 Å². The maximum atomic E-state index is 5.82. The lowest BCUT2D eigenvalue weighted by Crippen LogP contribution is -2.29. The van der Waals surface area contributed by atoms with Crippen molar-refractivity contribution in [1.82, 2.24) is 4.98 Å². The number of nitrogens with two attached hydrogens (primary N) is 1.